The van der Waals surface area contributed by atoms with E-state index in [1.165, 1.54) is 16.3 Å². The lowest BCUT2D eigenvalue weighted by Crippen LogP contribution is -2.31. The molecule has 0 aliphatic carbocycles. The third-order valence-corrected chi connectivity index (χ3v) is 5.38. The molecule has 1 amide bonds. The van der Waals surface area contributed by atoms with Gasteiger partial charge in [0.2, 0.25) is 5.91 Å². The van der Waals surface area contributed by atoms with Crippen molar-refractivity contribution in [2.45, 2.75) is 23.9 Å². The number of aromatic nitrogens is 2. The normalized spacial score (nSPS) is 12.0. The Hall–Kier alpha value is -2.80. The number of fused-ring (bicyclic) bond motifs is 1. The minimum atomic E-state index is -0.404. The van der Waals surface area contributed by atoms with Crippen LogP contribution in [0.15, 0.2) is 58.5 Å². The number of rotatable bonds is 6. The van der Waals surface area contributed by atoms with E-state index in [4.69, 9.17) is 4.74 Å². The van der Waals surface area contributed by atoms with E-state index < -0.39 is 5.25 Å². The molecule has 0 saturated carbocycles. The molecule has 140 valence electrons. The Morgan fingerprint density at radius 2 is 1.93 bits per heavy atom. The number of para-hydroxylation sites is 2. The first-order chi connectivity index (χ1) is 13.0. The number of benzene rings is 2. The number of nitrogens with zero attached hydrogens (tertiary/aromatic N) is 2. The Kier molecular flexibility index (Phi) is 5.81. The summed E-state index contributed by atoms with van der Waals surface area (Å²) in [6.45, 7) is 2.17. The van der Waals surface area contributed by atoms with E-state index in [-0.39, 0.29) is 11.5 Å². The summed E-state index contributed by atoms with van der Waals surface area (Å²) in [5, 5.41) is 3.59. The number of carbonyl (C=O) groups is 1. The fourth-order valence-electron chi connectivity index (χ4n) is 2.69. The van der Waals surface area contributed by atoms with E-state index in [0.717, 1.165) is 11.3 Å². The Morgan fingerprint density at radius 3 is 2.70 bits per heavy atom. The van der Waals surface area contributed by atoms with Crippen LogP contribution in [-0.4, -0.2) is 27.8 Å². The molecule has 0 radical (unpaired) electrons. The Balaban J connectivity index is 1.72. The summed E-state index contributed by atoms with van der Waals surface area (Å²) in [4.78, 5) is 29.5. The van der Waals surface area contributed by atoms with Gasteiger partial charge in [0, 0.05) is 19.2 Å². The van der Waals surface area contributed by atoms with Crippen LogP contribution in [0.5, 0.6) is 5.75 Å². The Labute approximate surface area is 161 Å². The topological polar surface area (TPSA) is 73.2 Å². The third kappa shape index (κ3) is 4.14. The van der Waals surface area contributed by atoms with Gasteiger partial charge in [-0.05, 0) is 25.1 Å². The molecule has 0 saturated heterocycles. The minimum absolute atomic E-state index is 0.121. The molecule has 0 bridgehead atoms. The Morgan fingerprint density at radius 1 is 1.22 bits per heavy atom. The fourth-order valence-corrected chi connectivity index (χ4v) is 3.59. The van der Waals surface area contributed by atoms with Gasteiger partial charge in [0.1, 0.15) is 5.75 Å². The van der Waals surface area contributed by atoms with E-state index in [9.17, 15) is 9.59 Å². The van der Waals surface area contributed by atoms with Crippen LogP contribution in [0, 0.1) is 0 Å². The summed E-state index contributed by atoms with van der Waals surface area (Å²) in [7, 11) is 3.27. The number of ether oxygens (including phenoxy) is 1. The fraction of sp³-hybridized carbons (Fsp3) is 0.250. The molecule has 1 unspecified atom stereocenters. The Bertz CT molecular complexity index is 1030. The molecule has 27 heavy (non-hydrogen) atoms. The number of methoxy groups -OCH3 is 1. The van der Waals surface area contributed by atoms with Gasteiger partial charge in [-0.2, -0.15) is 0 Å². The molecule has 1 heterocycles. The van der Waals surface area contributed by atoms with Crippen molar-refractivity contribution < 1.29 is 9.53 Å². The van der Waals surface area contributed by atoms with Crippen LogP contribution in [-0.2, 0) is 18.4 Å². The van der Waals surface area contributed by atoms with Crippen LogP contribution in [0.3, 0.4) is 0 Å². The highest BCUT2D eigenvalue weighted by molar-refractivity contribution is 8.00. The molecule has 1 N–H and O–H groups in total. The average Bonchev–Trinajstić information content (AvgIpc) is 2.70. The van der Waals surface area contributed by atoms with Gasteiger partial charge in [-0.1, -0.05) is 42.1 Å². The molecule has 3 aromatic rings. The van der Waals surface area contributed by atoms with Crippen molar-refractivity contribution >= 4 is 28.6 Å². The zero-order valence-corrected chi connectivity index (χ0v) is 16.2. The molecule has 7 heteroatoms. The first kappa shape index (κ1) is 19.0. The van der Waals surface area contributed by atoms with Crippen molar-refractivity contribution in [3.05, 3.63) is 64.4 Å². The standard InChI is InChI=1S/C20H21N3O3S/c1-13(18(24)21-12-14-8-4-7-11-17(14)26-3)27-20-22-16-10-6-5-9-15(16)19(25)23(20)2/h4-11,13H,12H2,1-3H3,(H,21,24). The SMILES string of the molecule is COc1ccccc1CNC(=O)C(C)Sc1nc2ccccc2c(=O)n1C. The maximum atomic E-state index is 12.5. The predicted octanol–water partition coefficient (Wildman–Crippen LogP) is 2.74. The van der Waals surface area contributed by atoms with E-state index in [1.54, 1.807) is 33.2 Å². The van der Waals surface area contributed by atoms with Gasteiger partial charge in [0.05, 0.1) is 23.3 Å². The number of thioether (sulfide) groups is 1. The number of amides is 1. The van der Waals surface area contributed by atoms with Crippen molar-refractivity contribution in [2.75, 3.05) is 7.11 Å². The molecular weight excluding hydrogens is 362 g/mol. The van der Waals surface area contributed by atoms with Gasteiger partial charge >= 0.3 is 0 Å². The molecule has 0 fully saturated rings. The van der Waals surface area contributed by atoms with Gasteiger partial charge < -0.3 is 10.1 Å². The molecular formula is C20H21N3O3S. The van der Waals surface area contributed by atoms with Gasteiger partial charge in [-0.15, -0.1) is 0 Å². The second-order valence-corrected chi connectivity index (χ2v) is 7.37. The predicted molar refractivity (Wildman–Crippen MR) is 107 cm³/mol. The van der Waals surface area contributed by atoms with Crippen molar-refractivity contribution in [2.24, 2.45) is 7.05 Å². The molecule has 6 nitrogen and oxygen atoms in total. The molecule has 0 aliphatic rings. The summed E-state index contributed by atoms with van der Waals surface area (Å²) >= 11 is 1.26. The van der Waals surface area contributed by atoms with E-state index in [1.807, 2.05) is 36.4 Å². The molecule has 0 spiro atoms. The minimum Gasteiger partial charge on any atom is -0.496 e. The first-order valence-corrected chi connectivity index (χ1v) is 9.41. The maximum absolute atomic E-state index is 12.5. The molecule has 1 aromatic heterocycles. The van der Waals surface area contributed by atoms with E-state index in [2.05, 4.69) is 10.3 Å². The first-order valence-electron chi connectivity index (χ1n) is 8.53. The van der Waals surface area contributed by atoms with E-state index >= 15 is 0 Å². The lowest BCUT2D eigenvalue weighted by molar-refractivity contribution is -0.120. The smallest absolute Gasteiger partial charge is 0.261 e. The number of hydrogen-bond acceptors (Lipinski definition) is 5. The van der Waals surface area contributed by atoms with Crippen molar-refractivity contribution in [3.8, 4) is 5.75 Å². The van der Waals surface area contributed by atoms with Gasteiger partial charge in [-0.25, -0.2) is 4.98 Å². The van der Waals surface area contributed by atoms with Gasteiger partial charge in [0.15, 0.2) is 5.16 Å². The van der Waals surface area contributed by atoms with Crippen molar-refractivity contribution in [3.63, 3.8) is 0 Å². The number of hydrogen-bond donors (Lipinski definition) is 1. The summed E-state index contributed by atoms with van der Waals surface area (Å²) in [5.41, 5.74) is 1.41. The van der Waals surface area contributed by atoms with Crippen LogP contribution in [0.1, 0.15) is 12.5 Å². The molecule has 2 aromatic carbocycles. The molecule has 1 atom stereocenters. The highest BCUT2D eigenvalue weighted by atomic mass is 32.2. The highest BCUT2D eigenvalue weighted by Gasteiger charge is 2.18. The summed E-state index contributed by atoms with van der Waals surface area (Å²) in [5.74, 6) is 0.602. The van der Waals surface area contributed by atoms with Crippen LogP contribution >= 0.6 is 11.8 Å². The number of carbonyl (C=O) groups excluding carboxylic acids is 1. The summed E-state index contributed by atoms with van der Waals surface area (Å²) < 4.78 is 6.78. The average molecular weight is 383 g/mol. The van der Waals surface area contributed by atoms with Gasteiger partial charge in [-0.3, -0.25) is 14.2 Å². The van der Waals surface area contributed by atoms with E-state index in [0.29, 0.717) is 22.6 Å². The highest BCUT2D eigenvalue weighted by Crippen LogP contribution is 2.22. The third-order valence-electron chi connectivity index (χ3n) is 4.24. The van der Waals surface area contributed by atoms with Crippen molar-refractivity contribution in [1.82, 2.24) is 14.9 Å². The second-order valence-electron chi connectivity index (χ2n) is 6.07. The lowest BCUT2D eigenvalue weighted by atomic mass is 10.2. The quantitative estimate of drug-likeness (QED) is 0.523. The molecule has 3 rings (SSSR count). The summed E-state index contributed by atoms with van der Waals surface area (Å²) in [6, 6.07) is 14.7. The lowest BCUT2D eigenvalue weighted by Gasteiger charge is -2.15. The number of nitrogens with one attached hydrogen (secondary N) is 1. The monoisotopic (exact) mass is 383 g/mol. The molecule has 0 aliphatic heterocycles. The largest absolute Gasteiger partial charge is 0.496 e. The van der Waals surface area contributed by atoms with Crippen LogP contribution in [0.25, 0.3) is 10.9 Å². The van der Waals surface area contributed by atoms with Crippen LogP contribution in [0.4, 0.5) is 0 Å². The van der Waals surface area contributed by atoms with Gasteiger partial charge in [0.25, 0.3) is 5.56 Å². The van der Waals surface area contributed by atoms with Crippen LogP contribution < -0.4 is 15.6 Å². The zero-order valence-electron chi connectivity index (χ0n) is 15.4. The van der Waals surface area contributed by atoms with Crippen molar-refractivity contribution in [1.29, 1.82) is 0 Å². The zero-order chi connectivity index (χ0) is 19.4. The summed E-state index contributed by atoms with van der Waals surface area (Å²) in [6.07, 6.45) is 0. The van der Waals surface area contributed by atoms with Crippen LogP contribution in [0.2, 0.25) is 0 Å². The second kappa shape index (κ2) is 8.26. The maximum Gasteiger partial charge on any atom is 0.261 e.